The maximum Gasteiger partial charge on any atom is 0.152 e. The molecule has 0 atom stereocenters. The van der Waals surface area contributed by atoms with Gasteiger partial charge in [-0.25, -0.2) is 0 Å². The lowest BCUT2D eigenvalue weighted by Crippen LogP contribution is -2.06. The van der Waals surface area contributed by atoms with Gasteiger partial charge in [0.15, 0.2) is 5.78 Å². The number of carbonyl (C=O) groups is 1. The van der Waals surface area contributed by atoms with Crippen molar-refractivity contribution in [2.75, 3.05) is 11.6 Å². The monoisotopic (exact) mass is 211 g/mol. The molecule has 14 heavy (non-hydrogen) atoms. The first-order valence-electron chi connectivity index (χ1n) is 4.62. The van der Waals surface area contributed by atoms with Crippen LogP contribution < -0.4 is 5.73 Å². The van der Waals surface area contributed by atoms with Crippen molar-refractivity contribution in [3.8, 4) is 0 Å². The molecule has 2 N–H and O–H groups in total. The van der Waals surface area contributed by atoms with Crippen molar-refractivity contribution in [2.24, 2.45) is 0 Å². The molecule has 1 rings (SSSR count). The summed E-state index contributed by atoms with van der Waals surface area (Å²) < 4.78 is 0. The molecule has 0 spiro atoms. The second-order valence-electron chi connectivity index (χ2n) is 3.24. The number of rotatable bonds is 4. The molecule has 0 saturated carbocycles. The van der Waals surface area contributed by atoms with Crippen molar-refractivity contribution in [3.05, 3.63) is 29.3 Å². The third-order valence-corrected chi connectivity index (χ3v) is 2.45. The smallest absolute Gasteiger partial charge is 0.152 e. The highest BCUT2D eigenvalue weighted by atomic mass is 35.5. The molecule has 0 aliphatic carbocycles. The van der Waals surface area contributed by atoms with Crippen molar-refractivity contribution in [3.63, 3.8) is 0 Å². The Morgan fingerprint density at radius 3 is 2.71 bits per heavy atom. The summed E-state index contributed by atoms with van der Waals surface area (Å²) in [6.45, 7) is 2.07. The van der Waals surface area contributed by atoms with E-state index in [0.29, 0.717) is 12.1 Å². The van der Waals surface area contributed by atoms with Gasteiger partial charge < -0.3 is 5.73 Å². The summed E-state index contributed by atoms with van der Waals surface area (Å²) in [6.07, 6.45) is 1.28. The van der Waals surface area contributed by atoms with E-state index in [0.717, 1.165) is 12.0 Å². The number of halogens is 1. The van der Waals surface area contributed by atoms with Gasteiger partial charge >= 0.3 is 0 Å². The average Bonchev–Trinajstić information content (AvgIpc) is 2.20. The fourth-order valence-corrected chi connectivity index (χ4v) is 1.38. The molecular formula is C11H14ClNO. The Morgan fingerprint density at radius 2 is 2.21 bits per heavy atom. The van der Waals surface area contributed by atoms with Gasteiger partial charge in [-0.15, -0.1) is 11.6 Å². The molecule has 0 heterocycles. The molecule has 0 aliphatic heterocycles. The summed E-state index contributed by atoms with van der Waals surface area (Å²) in [4.78, 5) is 11.1. The number of nitrogen functional groups attached to an aromatic ring is 1. The minimum Gasteiger partial charge on any atom is -0.398 e. The molecule has 0 aromatic heterocycles. The fourth-order valence-electron chi connectivity index (χ4n) is 1.28. The van der Waals surface area contributed by atoms with E-state index in [9.17, 15) is 4.79 Å². The molecule has 3 heteroatoms. The first-order chi connectivity index (χ1) is 6.67. The normalized spacial score (nSPS) is 10.1. The van der Waals surface area contributed by atoms with Crippen LogP contribution in [0.2, 0.25) is 0 Å². The van der Waals surface area contributed by atoms with Gasteiger partial charge in [0.2, 0.25) is 0 Å². The predicted octanol–water partition coefficient (Wildman–Crippen LogP) is 2.18. The standard InChI is InChI=1S/C11H14ClNO/c1-2-8-3-4-9(11(13)5-8)6-10(14)7-12/h3-5H,2,6-7,13H2,1H3. The van der Waals surface area contributed by atoms with Gasteiger partial charge in [-0.3, -0.25) is 4.79 Å². The summed E-state index contributed by atoms with van der Waals surface area (Å²) in [6, 6.07) is 5.81. The maximum absolute atomic E-state index is 11.1. The van der Waals surface area contributed by atoms with Gasteiger partial charge in [-0.2, -0.15) is 0 Å². The van der Waals surface area contributed by atoms with Crippen LogP contribution in [0.3, 0.4) is 0 Å². The van der Waals surface area contributed by atoms with E-state index in [1.54, 1.807) is 0 Å². The molecule has 0 aliphatic rings. The van der Waals surface area contributed by atoms with Crippen LogP contribution in [0.15, 0.2) is 18.2 Å². The number of hydrogen-bond acceptors (Lipinski definition) is 2. The van der Waals surface area contributed by atoms with E-state index in [2.05, 4.69) is 6.92 Å². The van der Waals surface area contributed by atoms with Gasteiger partial charge in [0.25, 0.3) is 0 Å². The molecule has 1 aromatic rings. The van der Waals surface area contributed by atoms with E-state index >= 15 is 0 Å². The molecule has 0 unspecified atom stereocenters. The van der Waals surface area contributed by atoms with E-state index in [1.165, 1.54) is 5.56 Å². The second-order valence-corrected chi connectivity index (χ2v) is 3.50. The number of aryl methyl sites for hydroxylation is 1. The molecule has 0 bridgehead atoms. The minimum atomic E-state index is 0.00242. The van der Waals surface area contributed by atoms with Crippen molar-refractivity contribution >= 4 is 23.1 Å². The third-order valence-electron chi connectivity index (χ3n) is 2.16. The Balaban J connectivity index is 2.83. The van der Waals surface area contributed by atoms with E-state index in [1.807, 2.05) is 18.2 Å². The van der Waals surface area contributed by atoms with Crippen molar-refractivity contribution in [1.29, 1.82) is 0 Å². The highest BCUT2D eigenvalue weighted by molar-refractivity contribution is 6.27. The zero-order chi connectivity index (χ0) is 10.6. The van der Waals surface area contributed by atoms with Crippen LogP contribution in [-0.4, -0.2) is 11.7 Å². The van der Waals surface area contributed by atoms with E-state index < -0.39 is 0 Å². The Bertz CT molecular complexity index is 336. The second kappa shape index (κ2) is 5.01. The lowest BCUT2D eigenvalue weighted by molar-refractivity contribution is -0.116. The van der Waals surface area contributed by atoms with Gasteiger partial charge in [-0.1, -0.05) is 19.1 Å². The summed E-state index contributed by atoms with van der Waals surface area (Å²) in [5, 5.41) is 0. The predicted molar refractivity (Wildman–Crippen MR) is 59.7 cm³/mol. The SMILES string of the molecule is CCc1ccc(CC(=O)CCl)c(N)c1. The molecule has 1 aromatic carbocycles. The number of nitrogens with two attached hydrogens (primary N) is 1. The first-order valence-corrected chi connectivity index (χ1v) is 5.15. The van der Waals surface area contributed by atoms with Gasteiger partial charge in [0, 0.05) is 12.1 Å². The summed E-state index contributed by atoms with van der Waals surface area (Å²) in [5.41, 5.74) is 8.54. The number of alkyl halides is 1. The lowest BCUT2D eigenvalue weighted by atomic mass is 10.0. The third kappa shape index (κ3) is 2.74. The highest BCUT2D eigenvalue weighted by Gasteiger charge is 2.05. The number of carbonyl (C=O) groups excluding carboxylic acids is 1. The number of benzene rings is 1. The average molecular weight is 212 g/mol. The Hall–Kier alpha value is -1.02. The van der Waals surface area contributed by atoms with E-state index in [4.69, 9.17) is 17.3 Å². The number of anilines is 1. The van der Waals surface area contributed by atoms with Crippen LogP contribution in [-0.2, 0) is 17.6 Å². The zero-order valence-electron chi connectivity index (χ0n) is 8.22. The quantitative estimate of drug-likeness (QED) is 0.613. The minimum absolute atomic E-state index is 0.00242. The van der Waals surface area contributed by atoms with Crippen LogP contribution in [0.1, 0.15) is 18.1 Å². The van der Waals surface area contributed by atoms with Crippen LogP contribution >= 0.6 is 11.6 Å². The molecule has 76 valence electrons. The lowest BCUT2D eigenvalue weighted by Gasteiger charge is -2.05. The summed E-state index contributed by atoms with van der Waals surface area (Å²) >= 11 is 5.42. The van der Waals surface area contributed by atoms with E-state index in [-0.39, 0.29) is 11.7 Å². The number of Topliss-reactive ketones (excluding diaryl/α,β-unsaturated/α-hetero) is 1. The Kier molecular flexibility index (Phi) is 3.96. The largest absolute Gasteiger partial charge is 0.398 e. The van der Waals surface area contributed by atoms with Crippen LogP contribution in [0.4, 0.5) is 5.69 Å². The maximum atomic E-state index is 11.1. The fraction of sp³-hybridized carbons (Fsp3) is 0.364. The zero-order valence-corrected chi connectivity index (χ0v) is 8.97. The van der Waals surface area contributed by atoms with Crippen molar-refractivity contribution in [2.45, 2.75) is 19.8 Å². The molecule has 0 saturated heterocycles. The molecule has 0 amide bonds. The molecule has 2 nitrogen and oxygen atoms in total. The number of ketones is 1. The molecule has 0 radical (unpaired) electrons. The topological polar surface area (TPSA) is 43.1 Å². The first kappa shape index (κ1) is 11.1. The van der Waals surface area contributed by atoms with Gasteiger partial charge in [0.05, 0.1) is 5.88 Å². The van der Waals surface area contributed by atoms with Gasteiger partial charge in [0.1, 0.15) is 0 Å². The van der Waals surface area contributed by atoms with Crippen LogP contribution in [0.5, 0.6) is 0 Å². The summed E-state index contributed by atoms with van der Waals surface area (Å²) in [7, 11) is 0. The van der Waals surface area contributed by atoms with Gasteiger partial charge in [-0.05, 0) is 23.6 Å². The van der Waals surface area contributed by atoms with Crippen LogP contribution in [0.25, 0.3) is 0 Å². The number of hydrogen-bond donors (Lipinski definition) is 1. The Morgan fingerprint density at radius 1 is 1.50 bits per heavy atom. The van der Waals surface area contributed by atoms with Crippen molar-refractivity contribution < 1.29 is 4.79 Å². The Labute approximate surface area is 89.1 Å². The highest BCUT2D eigenvalue weighted by Crippen LogP contribution is 2.15. The molecule has 0 fully saturated rings. The van der Waals surface area contributed by atoms with Crippen molar-refractivity contribution in [1.82, 2.24) is 0 Å². The molecular weight excluding hydrogens is 198 g/mol. The van der Waals surface area contributed by atoms with Crippen LogP contribution in [0, 0.1) is 0 Å². The summed E-state index contributed by atoms with van der Waals surface area (Å²) in [5.74, 6) is 0.0530.